The molecule has 0 aliphatic heterocycles. The zero-order valence-corrected chi connectivity index (χ0v) is 12.8. The van der Waals surface area contributed by atoms with Crippen LogP contribution in [0.2, 0.25) is 0 Å². The van der Waals surface area contributed by atoms with Gasteiger partial charge in [-0.25, -0.2) is 0 Å². The smallest absolute Gasteiger partial charge is 0.118 e. The van der Waals surface area contributed by atoms with Gasteiger partial charge in [0.25, 0.3) is 0 Å². The van der Waals surface area contributed by atoms with Crippen LogP contribution >= 0.6 is 0 Å². The zero-order valence-electron chi connectivity index (χ0n) is 12.8. The highest BCUT2D eigenvalue weighted by Gasteiger charge is 2.03. The Morgan fingerprint density at radius 3 is 2.29 bits per heavy atom. The molecule has 0 N–H and O–H groups in total. The van der Waals surface area contributed by atoms with Crippen LogP contribution in [-0.2, 0) is 11.3 Å². The SMILES string of the molecule is CCN(CCOCc1ccc(OC)cc1)c1ccccc1. The van der Waals surface area contributed by atoms with Gasteiger partial charge in [-0.3, -0.25) is 0 Å². The van der Waals surface area contributed by atoms with Crippen LogP contribution in [0.25, 0.3) is 0 Å². The van der Waals surface area contributed by atoms with Gasteiger partial charge >= 0.3 is 0 Å². The first-order chi connectivity index (χ1) is 10.3. The standard InChI is InChI=1S/C18H23NO2/c1-3-19(17-7-5-4-6-8-17)13-14-21-15-16-9-11-18(20-2)12-10-16/h4-12H,3,13-15H2,1-2H3. The molecule has 0 unspecified atom stereocenters. The Morgan fingerprint density at radius 2 is 1.67 bits per heavy atom. The Bertz CT molecular complexity index is 511. The molecule has 0 aliphatic carbocycles. The van der Waals surface area contributed by atoms with Crippen LogP contribution < -0.4 is 9.64 Å². The fourth-order valence-electron chi connectivity index (χ4n) is 2.20. The number of hydrogen-bond acceptors (Lipinski definition) is 3. The molecule has 0 aliphatic rings. The minimum Gasteiger partial charge on any atom is -0.497 e. The van der Waals surface area contributed by atoms with Crippen molar-refractivity contribution in [3.05, 3.63) is 60.2 Å². The molecule has 0 amide bonds. The van der Waals surface area contributed by atoms with E-state index in [0.717, 1.165) is 25.4 Å². The number of nitrogens with zero attached hydrogens (tertiary/aromatic N) is 1. The van der Waals surface area contributed by atoms with Gasteiger partial charge in [0.15, 0.2) is 0 Å². The summed E-state index contributed by atoms with van der Waals surface area (Å²) in [5, 5.41) is 0. The molecular formula is C18H23NO2. The number of para-hydroxylation sites is 1. The van der Waals surface area contributed by atoms with Crippen molar-refractivity contribution in [2.45, 2.75) is 13.5 Å². The molecule has 2 aromatic carbocycles. The van der Waals surface area contributed by atoms with Crippen LogP contribution in [-0.4, -0.2) is 26.8 Å². The average molecular weight is 285 g/mol. The van der Waals surface area contributed by atoms with Crippen molar-refractivity contribution >= 4 is 5.69 Å². The quantitative estimate of drug-likeness (QED) is 0.690. The summed E-state index contributed by atoms with van der Waals surface area (Å²) in [6, 6.07) is 18.4. The van der Waals surface area contributed by atoms with E-state index in [1.54, 1.807) is 7.11 Å². The highest BCUT2D eigenvalue weighted by atomic mass is 16.5. The monoisotopic (exact) mass is 285 g/mol. The molecule has 0 heterocycles. The van der Waals surface area contributed by atoms with E-state index in [1.165, 1.54) is 11.3 Å². The number of benzene rings is 2. The highest BCUT2D eigenvalue weighted by molar-refractivity contribution is 5.45. The first-order valence-corrected chi connectivity index (χ1v) is 7.34. The summed E-state index contributed by atoms with van der Waals surface area (Å²) in [5.74, 6) is 0.875. The van der Waals surface area contributed by atoms with Gasteiger partial charge < -0.3 is 14.4 Å². The van der Waals surface area contributed by atoms with Crippen molar-refractivity contribution < 1.29 is 9.47 Å². The Kier molecular flexibility index (Phi) is 6.10. The molecule has 0 bridgehead atoms. The maximum atomic E-state index is 5.76. The van der Waals surface area contributed by atoms with E-state index in [-0.39, 0.29) is 0 Å². The van der Waals surface area contributed by atoms with Crippen molar-refractivity contribution in [3.63, 3.8) is 0 Å². The molecule has 0 atom stereocenters. The lowest BCUT2D eigenvalue weighted by Crippen LogP contribution is -2.26. The molecule has 3 heteroatoms. The summed E-state index contributed by atoms with van der Waals surface area (Å²) in [6.45, 7) is 5.40. The summed E-state index contributed by atoms with van der Waals surface area (Å²) < 4.78 is 10.9. The van der Waals surface area contributed by atoms with Crippen molar-refractivity contribution in [1.29, 1.82) is 0 Å². The Balaban J connectivity index is 1.75. The molecule has 21 heavy (non-hydrogen) atoms. The van der Waals surface area contributed by atoms with Crippen LogP contribution in [0, 0.1) is 0 Å². The van der Waals surface area contributed by atoms with E-state index < -0.39 is 0 Å². The van der Waals surface area contributed by atoms with Gasteiger partial charge in [0.05, 0.1) is 20.3 Å². The second kappa shape index (κ2) is 8.32. The molecule has 0 aromatic heterocycles. The van der Waals surface area contributed by atoms with E-state index in [9.17, 15) is 0 Å². The lowest BCUT2D eigenvalue weighted by Gasteiger charge is -2.22. The summed E-state index contributed by atoms with van der Waals surface area (Å²) >= 11 is 0. The second-order valence-electron chi connectivity index (χ2n) is 4.82. The summed E-state index contributed by atoms with van der Waals surface area (Å²) in [7, 11) is 1.68. The molecule has 3 nitrogen and oxygen atoms in total. The molecule has 0 saturated carbocycles. The Morgan fingerprint density at radius 1 is 0.952 bits per heavy atom. The Hall–Kier alpha value is -2.00. The second-order valence-corrected chi connectivity index (χ2v) is 4.82. The van der Waals surface area contributed by atoms with Crippen LogP contribution in [0.5, 0.6) is 5.75 Å². The van der Waals surface area contributed by atoms with Crippen molar-refractivity contribution in [2.24, 2.45) is 0 Å². The van der Waals surface area contributed by atoms with Crippen LogP contribution in [0.15, 0.2) is 54.6 Å². The summed E-state index contributed by atoms with van der Waals surface area (Å²) in [6.07, 6.45) is 0. The molecule has 2 rings (SSSR count). The van der Waals surface area contributed by atoms with Crippen molar-refractivity contribution in [3.8, 4) is 5.75 Å². The number of methoxy groups -OCH3 is 1. The minimum absolute atomic E-state index is 0.635. The van der Waals surface area contributed by atoms with Gasteiger partial charge in [0.2, 0.25) is 0 Å². The molecule has 0 spiro atoms. The predicted octanol–water partition coefficient (Wildman–Crippen LogP) is 3.74. The van der Waals surface area contributed by atoms with Gasteiger partial charge in [0, 0.05) is 18.8 Å². The van der Waals surface area contributed by atoms with Gasteiger partial charge in [-0.2, -0.15) is 0 Å². The third-order valence-corrected chi connectivity index (χ3v) is 3.44. The maximum Gasteiger partial charge on any atom is 0.118 e. The lowest BCUT2D eigenvalue weighted by atomic mass is 10.2. The Labute approximate surface area is 127 Å². The summed E-state index contributed by atoms with van der Waals surface area (Å²) in [4.78, 5) is 2.31. The van der Waals surface area contributed by atoms with Crippen LogP contribution in [0.4, 0.5) is 5.69 Å². The third kappa shape index (κ3) is 4.80. The molecule has 0 saturated heterocycles. The van der Waals surface area contributed by atoms with Gasteiger partial charge in [-0.05, 0) is 36.8 Å². The number of ether oxygens (including phenoxy) is 2. The van der Waals surface area contributed by atoms with E-state index in [4.69, 9.17) is 9.47 Å². The number of hydrogen-bond donors (Lipinski definition) is 0. The maximum absolute atomic E-state index is 5.76. The van der Waals surface area contributed by atoms with Gasteiger partial charge in [-0.1, -0.05) is 30.3 Å². The fourth-order valence-corrected chi connectivity index (χ4v) is 2.20. The minimum atomic E-state index is 0.635. The largest absolute Gasteiger partial charge is 0.497 e. The van der Waals surface area contributed by atoms with E-state index in [1.807, 2.05) is 30.3 Å². The van der Waals surface area contributed by atoms with Crippen LogP contribution in [0.3, 0.4) is 0 Å². The normalized spacial score (nSPS) is 10.4. The van der Waals surface area contributed by atoms with Crippen LogP contribution in [0.1, 0.15) is 12.5 Å². The number of rotatable bonds is 8. The van der Waals surface area contributed by atoms with E-state index in [2.05, 4.69) is 36.1 Å². The first kappa shape index (κ1) is 15.4. The van der Waals surface area contributed by atoms with Crippen molar-refractivity contribution in [1.82, 2.24) is 0 Å². The van der Waals surface area contributed by atoms with E-state index in [0.29, 0.717) is 6.61 Å². The summed E-state index contributed by atoms with van der Waals surface area (Å²) in [5.41, 5.74) is 2.41. The number of anilines is 1. The number of likely N-dealkylation sites (N-methyl/N-ethyl adjacent to an activating group) is 1. The molecular weight excluding hydrogens is 262 g/mol. The topological polar surface area (TPSA) is 21.7 Å². The third-order valence-electron chi connectivity index (χ3n) is 3.44. The lowest BCUT2D eigenvalue weighted by molar-refractivity contribution is 0.127. The van der Waals surface area contributed by atoms with Gasteiger partial charge in [-0.15, -0.1) is 0 Å². The molecule has 112 valence electrons. The first-order valence-electron chi connectivity index (χ1n) is 7.34. The molecule has 2 aromatic rings. The zero-order chi connectivity index (χ0) is 14.9. The fraction of sp³-hybridized carbons (Fsp3) is 0.333. The van der Waals surface area contributed by atoms with E-state index >= 15 is 0 Å². The average Bonchev–Trinajstić information content (AvgIpc) is 2.56. The molecule has 0 fully saturated rings. The highest BCUT2D eigenvalue weighted by Crippen LogP contribution is 2.13. The predicted molar refractivity (Wildman–Crippen MR) is 87.0 cm³/mol. The molecule has 0 radical (unpaired) electrons. The van der Waals surface area contributed by atoms with Crippen molar-refractivity contribution in [2.75, 3.05) is 31.7 Å². The van der Waals surface area contributed by atoms with Gasteiger partial charge in [0.1, 0.15) is 5.75 Å².